The highest BCUT2D eigenvalue weighted by Crippen LogP contribution is 2.32. The number of aromatic nitrogens is 1. The number of aliphatic carboxylic acids is 1. The van der Waals surface area contributed by atoms with Crippen molar-refractivity contribution in [2.24, 2.45) is 0 Å². The molecule has 0 unspecified atom stereocenters. The van der Waals surface area contributed by atoms with Crippen LogP contribution in [0, 0.1) is 11.6 Å². The first-order valence-electron chi connectivity index (χ1n) is 9.64. The summed E-state index contributed by atoms with van der Waals surface area (Å²) in [4.78, 5) is 27.4. The van der Waals surface area contributed by atoms with Gasteiger partial charge in [-0.25, -0.2) is 13.8 Å². The van der Waals surface area contributed by atoms with Crippen molar-refractivity contribution in [1.82, 2.24) is 4.98 Å². The molecule has 1 heterocycles. The highest BCUT2D eigenvalue weighted by molar-refractivity contribution is 6.33. The van der Waals surface area contributed by atoms with Gasteiger partial charge < -0.3 is 14.8 Å². The Hall–Kier alpha value is -4.04. The average Bonchev–Trinajstić information content (AvgIpc) is 3.15. The second kappa shape index (κ2) is 9.22. The number of hydrogen-bond donors (Lipinski definition) is 2. The fourth-order valence-corrected chi connectivity index (χ4v) is 3.39. The van der Waals surface area contributed by atoms with Crippen LogP contribution in [0.2, 0.25) is 5.02 Å². The molecule has 0 bridgehead atoms. The number of carboxylic acids is 1. The van der Waals surface area contributed by atoms with Crippen LogP contribution in [0.15, 0.2) is 65.1 Å². The molecule has 33 heavy (non-hydrogen) atoms. The van der Waals surface area contributed by atoms with Gasteiger partial charge in [0.05, 0.1) is 17.0 Å². The molecule has 6 nitrogen and oxygen atoms in total. The normalized spacial score (nSPS) is 11.2. The van der Waals surface area contributed by atoms with Gasteiger partial charge in [-0.05, 0) is 54.1 Å². The summed E-state index contributed by atoms with van der Waals surface area (Å²) < 4.78 is 32.3. The van der Waals surface area contributed by atoms with E-state index in [0.29, 0.717) is 27.9 Å². The van der Waals surface area contributed by atoms with Crippen LogP contribution < -0.4 is 5.32 Å². The number of amides is 1. The molecule has 0 aliphatic rings. The molecular formula is C24H15ClF2N2O4. The smallest absolute Gasteiger partial charge is 0.307 e. The van der Waals surface area contributed by atoms with Gasteiger partial charge in [-0.2, -0.15) is 0 Å². The van der Waals surface area contributed by atoms with Crippen molar-refractivity contribution in [1.29, 1.82) is 0 Å². The second-order valence-corrected chi connectivity index (χ2v) is 7.48. The Morgan fingerprint density at radius 3 is 2.64 bits per heavy atom. The van der Waals surface area contributed by atoms with Crippen molar-refractivity contribution in [3.05, 3.63) is 88.5 Å². The van der Waals surface area contributed by atoms with E-state index in [-0.39, 0.29) is 22.9 Å². The molecule has 0 saturated carbocycles. The third-order valence-corrected chi connectivity index (χ3v) is 4.96. The number of carbonyl (C=O) groups excluding carboxylic acids is 1. The molecular weight excluding hydrogens is 454 g/mol. The largest absolute Gasteiger partial charge is 0.481 e. The van der Waals surface area contributed by atoms with Crippen LogP contribution in [0.4, 0.5) is 14.5 Å². The third kappa shape index (κ3) is 5.24. The number of benzene rings is 3. The lowest BCUT2D eigenvalue weighted by Crippen LogP contribution is -2.07. The van der Waals surface area contributed by atoms with E-state index in [2.05, 4.69) is 10.3 Å². The minimum Gasteiger partial charge on any atom is -0.481 e. The molecule has 1 aromatic heterocycles. The van der Waals surface area contributed by atoms with E-state index < -0.39 is 23.5 Å². The number of nitrogens with one attached hydrogen (secondary N) is 1. The summed E-state index contributed by atoms with van der Waals surface area (Å²) in [7, 11) is 0. The maximum absolute atomic E-state index is 13.7. The zero-order valence-electron chi connectivity index (χ0n) is 16.8. The Kier molecular flexibility index (Phi) is 6.19. The molecule has 0 fully saturated rings. The van der Waals surface area contributed by atoms with Crippen molar-refractivity contribution in [3.8, 4) is 11.5 Å². The Morgan fingerprint density at radius 2 is 1.91 bits per heavy atom. The summed E-state index contributed by atoms with van der Waals surface area (Å²) in [5.41, 5.74) is 2.50. The number of rotatable bonds is 6. The topological polar surface area (TPSA) is 92.4 Å². The molecule has 0 atom stereocenters. The lowest BCUT2D eigenvalue weighted by Gasteiger charge is -2.05. The predicted octanol–water partition coefficient (Wildman–Crippen LogP) is 5.71. The standard InChI is InChI=1S/C24H15ClF2N2O4/c25-18-12-16(28-22(30)8-3-14-2-4-15(26)11-19(14)27)5-6-17(18)24-29-20-9-13(10-23(31)32)1-7-21(20)33-24/h1-9,11-12H,10H2,(H,28,30)(H,31,32)/b8-3+. The summed E-state index contributed by atoms with van der Waals surface area (Å²) in [6, 6.07) is 12.7. The first-order chi connectivity index (χ1) is 15.8. The Labute approximate surface area is 191 Å². The van der Waals surface area contributed by atoms with Crippen molar-refractivity contribution in [2.75, 3.05) is 5.32 Å². The first kappa shape index (κ1) is 22.2. The summed E-state index contributed by atoms with van der Waals surface area (Å²) >= 11 is 6.35. The minimum atomic E-state index is -0.948. The zero-order chi connectivity index (χ0) is 23.5. The van der Waals surface area contributed by atoms with E-state index in [1.807, 2.05) is 0 Å². The van der Waals surface area contributed by atoms with E-state index in [1.165, 1.54) is 18.2 Å². The summed E-state index contributed by atoms with van der Waals surface area (Å²) in [6.45, 7) is 0. The van der Waals surface area contributed by atoms with Gasteiger partial charge >= 0.3 is 5.97 Å². The molecule has 1 amide bonds. The van der Waals surface area contributed by atoms with Crippen molar-refractivity contribution >= 4 is 46.3 Å². The zero-order valence-corrected chi connectivity index (χ0v) is 17.6. The molecule has 4 aromatic rings. The molecule has 4 rings (SSSR count). The van der Waals surface area contributed by atoms with Crippen molar-refractivity contribution in [2.45, 2.75) is 6.42 Å². The maximum Gasteiger partial charge on any atom is 0.307 e. The van der Waals surface area contributed by atoms with Crippen molar-refractivity contribution < 1.29 is 27.9 Å². The van der Waals surface area contributed by atoms with Gasteiger partial charge in [0.15, 0.2) is 5.58 Å². The summed E-state index contributed by atoms with van der Waals surface area (Å²) in [5, 5.41) is 11.8. The highest BCUT2D eigenvalue weighted by Gasteiger charge is 2.14. The third-order valence-electron chi connectivity index (χ3n) is 4.65. The van der Waals surface area contributed by atoms with Gasteiger partial charge in [-0.3, -0.25) is 9.59 Å². The Bertz CT molecular complexity index is 1420. The monoisotopic (exact) mass is 468 g/mol. The first-order valence-corrected chi connectivity index (χ1v) is 10.0. The number of nitrogens with zero attached hydrogens (tertiary/aromatic N) is 1. The van der Waals surface area contributed by atoms with Gasteiger partial charge in [0, 0.05) is 23.4 Å². The van der Waals surface area contributed by atoms with E-state index >= 15 is 0 Å². The van der Waals surface area contributed by atoms with E-state index in [1.54, 1.807) is 30.3 Å². The van der Waals surface area contributed by atoms with E-state index in [9.17, 15) is 18.4 Å². The number of anilines is 1. The number of carbonyl (C=O) groups is 2. The molecule has 2 N–H and O–H groups in total. The van der Waals surface area contributed by atoms with Gasteiger partial charge in [0.25, 0.3) is 0 Å². The predicted molar refractivity (Wildman–Crippen MR) is 120 cm³/mol. The number of oxazole rings is 1. The van der Waals surface area contributed by atoms with E-state index in [4.69, 9.17) is 21.1 Å². The van der Waals surface area contributed by atoms with Crippen LogP contribution in [0.25, 0.3) is 28.6 Å². The van der Waals surface area contributed by atoms with Crippen LogP contribution in [0.3, 0.4) is 0 Å². The van der Waals surface area contributed by atoms with E-state index in [0.717, 1.165) is 18.2 Å². The summed E-state index contributed by atoms with van der Waals surface area (Å²) in [5.74, 6) is -2.72. The molecule has 0 saturated heterocycles. The van der Waals surface area contributed by atoms with Gasteiger partial charge in [-0.15, -0.1) is 0 Å². The molecule has 0 aliphatic carbocycles. The fourth-order valence-electron chi connectivity index (χ4n) is 3.13. The molecule has 9 heteroatoms. The summed E-state index contributed by atoms with van der Waals surface area (Å²) in [6.07, 6.45) is 2.22. The lowest BCUT2D eigenvalue weighted by molar-refractivity contribution is -0.136. The number of carboxylic acid groups (broad SMARTS) is 1. The van der Waals surface area contributed by atoms with Crippen LogP contribution in [0.5, 0.6) is 0 Å². The fraction of sp³-hybridized carbons (Fsp3) is 0.0417. The van der Waals surface area contributed by atoms with Gasteiger partial charge in [0.2, 0.25) is 11.8 Å². The molecule has 0 radical (unpaired) electrons. The second-order valence-electron chi connectivity index (χ2n) is 7.07. The molecule has 0 aliphatic heterocycles. The highest BCUT2D eigenvalue weighted by atomic mass is 35.5. The van der Waals surface area contributed by atoms with Gasteiger partial charge in [0.1, 0.15) is 17.2 Å². The number of hydrogen-bond acceptors (Lipinski definition) is 4. The van der Waals surface area contributed by atoms with Crippen LogP contribution in [-0.2, 0) is 16.0 Å². The van der Waals surface area contributed by atoms with Crippen LogP contribution in [-0.4, -0.2) is 22.0 Å². The molecule has 166 valence electrons. The van der Waals surface area contributed by atoms with Gasteiger partial charge in [-0.1, -0.05) is 17.7 Å². The Morgan fingerprint density at radius 1 is 1.09 bits per heavy atom. The average molecular weight is 469 g/mol. The number of halogens is 3. The van der Waals surface area contributed by atoms with Crippen molar-refractivity contribution in [3.63, 3.8) is 0 Å². The lowest BCUT2D eigenvalue weighted by atomic mass is 10.1. The maximum atomic E-state index is 13.7. The molecule has 0 spiro atoms. The minimum absolute atomic E-state index is 0.0717. The Balaban J connectivity index is 1.50. The molecule has 3 aromatic carbocycles. The quantitative estimate of drug-likeness (QED) is 0.354. The number of fused-ring (bicyclic) bond motifs is 1. The van der Waals surface area contributed by atoms with Crippen LogP contribution in [0.1, 0.15) is 11.1 Å². The van der Waals surface area contributed by atoms with Crippen LogP contribution >= 0.6 is 11.6 Å². The SMILES string of the molecule is O=C(O)Cc1ccc2oc(-c3ccc(NC(=O)/C=C/c4ccc(F)cc4F)cc3Cl)nc2c1.